The van der Waals surface area contributed by atoms with Crippen molar-refractivity contribution < 1.29 is 14.7 Å². The van der Waals surface area contributed by atoms with E-state index in [4.69, 9.17) is 5.11 Å². The van der Waals surface area contributed by atoms with Crippen LogP contribution in [0.5, 0.6) is 0 Å². The molecule has 0 bridgehead atoms. The van der Waals surface area contributed by atoms with Crippen molar-refractivity contribution in [1.82, 2.24) is 5.32 Å². The van der Waals surface area contributed by atoms with Crippen LogP contribution in [0.2, 0.25) is 0 Å². The van der Waals surface area contributed by atoms with E-state index in [9.17, 15) is 9.59 Å². The van der Waals surface area contributed by atoms with Crippen molar-refractivity contribution in [2.45, 2.75) is 26.8 Å². The van der Waals surface area contributed by atoms with E-state index in [1.54, 1.807) is 13.8 Å². The highest BCUT2D eigenvalue weighted by Crippen LogP contribution is 1.98. The number of amides is 1. The van der Waals surface area contributed by atoms with Crippen molar-refractivity contribution in [2.24, 2.45) is 5.92 Å². The van der Waals surface area contributed by atoms with Gasteiger partial charge in [0.1, 0.15) is 0 Å². The summed E-state index contributed by atoms with van der Waals surface area (Å²) in [5.74, 6) is -0.218. The van der Waals surface area contributed by atoms with Gasteiger partial charge in [0, 0.05) is 5.92 Å². The number of rotatable bonds is 3. The molecule has 4 nitrogen and oxygen atoms in total. The van der Waals surface area contributed by atoms with Gasteiger partial charge in [-0.1, -0.05) is 13.8 Å². The molecule has 0 spiro atoms. The minimum atomic E-state index is -1.16. The van der Waals surface area contributed by atoms with Gasteiger partial charge in [0.25, 0.3) is 0 Å². The molecule has 1 unspecified atom stereocenters. The molecule has 0 aromatic carbocycles. The van der Waals surface area contributed by atoms with Crippen LogP contribution in [0.15, 0.2) is 0 Å². The van der Waals surface area contributed by atoms with Gasteiger partial charge in [-0.05, 0) is 6.92 Å². The van der Waals surface area contributed by atoms with E-state index < -0.39 is 12.1 Å². The molecule has 0 aliphatic carbocycles. The van der Waals surface area contributed by atoms with Gasteiger partial charge in [0.2, 0.25) is 0 Å². The Balaban J connectivity index is 3.93. The summed E-state index contributed by atoms with van der Waals surface area (Å²) in [4.78, 5) is 21.1. The SMILES string of the molecule is CC(C)C(=O)C(C)NC(=O)O. The maximum atomic E-state index is 11.1. The lowest BCUT2D eigenvalue weighted by molar-refractivity contribution is -0.123. The van der Waals surface area contributed by atoms with Crippen LogP contribution < -0.4 is 5.32 Å². The Hall–Kier alpha value is -1.06. The number of nitrogens with one attached hydrogen (secondary N) is 1. The molecule has 0 aromatic rings. The normalized spacial score (nSPS) is 12.7. The molecule has 0 saturated heterocycles. The first kappa shape index (κ1) is 9.94. The number of carbonyl (C=O) groups is 2. The second-order valence-electron chi connectivity index (χ2n) is 2.73. The molecule has 4 heteroatoms. The van der Waals surface area contributed by atoms with Gasteiger partial charge in [-0.3, -0.25) is 4.79 Å². The topological polar surface area (TPSA) is 66.4 Å². The van der Waals surface area contributed by atoms with Crippen LogP contribution in [0.1, 0.15) is 20.8 Å². The van der Waals surface area contributed by atoms with E-state index in [1.807, 2.05) is 0 Å². The Morgan fingerprint density at radius 1 is 1.27 bits per heavy atom. The summed E-state index contributed by atoms with van der Waals surface area (Å²) in [6.45, 7) is 5.02. The molecule has 1 atom stereocenters. The average Bonchev–Trinajstić information content (AvgIpc) is 1.84. The summed E-state index contributed by atoms with van der Waals surface area (Å²) in [7, 11) is 0. The van der Waals surface area contributed by atoms with Crippen molar-refractivity contribution in [3.05, 3.63) is 0 Å². The van der Waals surface area contributed by atoms with Crippen molar-refractivity contribution in [3.8, 4) is 0 Å². The summed E-state index contributed by atoms with van der Waals surface area (Å²) in [5.41, 5.74) is 0. The van der Waals surface area contributed by atoms with Crippen LogP contribution >= 0.6 is 0 Å². The summed E-state index contributed by atoms with van der Waals surface area (Å²) in [6.07, 6.45) is -1.16. The zero-order valence-corrected chi connectivity index (χ0v) is 6.92. The van der Waals surface area contributed by atoms with Gasteiger partial charge in [0.05, 0.1) is 6.04 Å². The highest BCUT2D eigenvalue weighted by atomic mass is 16.4. The first-order valence-electron chi connectivity index (χ1n) is 3.48. The highest BCUT2D eigenvalue weighted by Gasteiger charge is 2.17. The summed E-state index contributed by atoms with van der Waals surface area (Å²) in [5, 5.41) is 10.3. The monoisotopic (exact) mass is 159 g/mol. The molecule has 0 aliphatic rings. The zero-order valence-electron chi connectivity index (χ0n) is 6.92. The minimum absolute atomic E-state index is 0.0904. The Bertz CT molecular complexity index is 165. The third-order valence-corrected chi connectivity index (χ3v) is 1.34. The number of Topliss-reactive ketones (excluding diaryl/α,β-unsaturated/α-hetero) is 1. The molecule has 1 amide bonds. The predicted octanol–water partition coefficient (Wildman–Crippen LogP) is 0.868. The maximum Gasteiger partial charge on any atom is 0.405 e. The molecule has 64 valence electrons. The first-order chi connectivity index (χ1) is 4.95. The van der Waals surface area contributed by atoms with Gasteiger partial charge in [-0.2, -0.15) is 0 Å². The van der Waals surface area contributed by atoms with Gasteiger partial charge in [-0.15, -0.1) is 0 Å². The lowest BCUT2D eigenvalue weighted by Gasteiger charge is -2.11. The molecule has 0 saturated carbocycles. The molecular formula is C7H13NO3. The van der Waals surface area contributed by atoms with Crippen molar-refractivity contribution in [1.29, 1.82) is 0 Å². The lowest BCUT2D eigenvalue weighted by Crippen LogP contribution is -2.39. The number of carbonyl (C=O) groups excluding carboxylic acids is 1. The largest absolute Gasteiger partial charge is 0.465 e. The molecule has 0 radical (unpaired) electrons. The molecule has 0 heterocycles. The molecule has 0 aliphatic heterocycles. The zero-order chi connectivity index (χ0) is 9.02. The van der Waals surface area contributed by atoms with Crippen LogP contribution in [0, 0.1) is 5.92 Å². The second-order valence-corrected chi connectivity index (χ2v) is 2.73. The first-order valence-corrected chi connectivity index (χ1v) is 3.48. The third-order valence-electron chi connectivity index (χ3n) is 1.34. The predicted molar refractivity (Wildman–Crippen MR) is 40.5 cm³/mol. The maximum absolute atomic E-state index is 11.1. The van der Waals surface area contributed by atoms with Gasteiger partial charge in [0.15, 0.2) is 5.78 Å². The van der Waals surface area contributed by atoms with Crippen LogP contribution in [0.25, 0.3) is 0 Å². The molecule has 2 N–H and O–H groups in total. The smallest absolute Gasteiger partial charge is 0.405 e. The highest BCUT2D eigenvalue weighted by molar-refractivity contribution is 5.87. The lowest BCUT2D eigenvalue weighted by atomic mass is 10.0. The Morgan fingerprint density at radius 3 is 2.00 bits per heavy atom. The summed E-state index contributed by atoms with van der Waals surface area (Å²) < 4.78 is 0. The summed E-state index contributed by atoms with van der Waals surface area (Å²) >= 11 is 0. The van der Waals surface area contributed by atoms with E-state index in [2.05, 4.69) is 5.32 Å². The molecule has 0 fully saturated rings. The Kier molecular flexibility index (Phi) is 3.57. The molecule has 0 rings (SSSR count). The van der Waals surface area contributed by atoms with Gasteiger partial charge in [-0.25, -0.2) is 4.79 Å². The quantitative estimate of drug-likeness (QED) is 0.642. The number of ketones is 1. The fraction of sp³-hybridized carbons (Fsp3) is 0.714. The minimum Gasteiger partial charge on any atom is -0.465 e. The number of hydrogen-bond acceptors (Lipinski definition) is 2. The van der Waals surface area contributed by atoms with Crippen LogP contribution in [0.4, 0.5) is 4.79 Å². The van der Waals surface area contributed by atoms with Crippen molar-refractivity contribution >= 4 is 11.9 Å². The molecule has 0 aromatic heterocycles. The second kappa shape index (κ2) is 3.95. The van der Waals surface area contributed by atoms with Crippen molar-refractivity contribution in [3.63, 3.8) is 0 Å². The molecular weight excluding hydrogens is 146 g/mol. The number of carboxylic acid groups (broad SMARTS) is 1. The van der Waals surface area contributed by atoms with E-state index >= 15 is 0 Å². The standard InChI is InChI=1S/C7H13NO3/c1-4(2)6(9)5(3)8-7(10)11/h4-5,8H,1-3H3,(H,10,11). The van der Waals surface area contributed by atoms with Gasteiger partial charge >= 0.3 is 6.09 Å². The fourth-order valence-corrected chi connectivity index (χ4v) is 0.756. The van der Waals surface area contributed by atoms with Crippen LogP contribution in [0.3, 0.4) is 0 Å². The fourth-order valence-electron chi connectivity index (χ4n) is 0.756. The molecule has 11 heavy (non-hydrogen) atoms. The van der Waals surface area contributed by atoms with E-state index in [-0.39, 0.29) is 11.7 Å². The average molecular weight is 159 g/mol. The Labute approximate surface area is 65.6 Å². The van der Waals surface area contributed by atoms with Crippen LogP contribution in [-0.2, 0) is 4.79 Å². The van der Waals surface area contributed by atoms with E-state index in [1.165, 1.54) is 6.92 Å². The van der Waals surface area contributed by atoms with E-state index in [0.717, 1.165) is 0 Å². The van der Waals surface area contributed by atoms with E-state index in [0.29, 0.717) is 0 Å². The third kappa shape index (κ3) is 3.60. The van der Waals surface area contributed by atoms with Crippen LogP contribution in [-0.4, -0.2) is 23.0 Å². The van der Waals surface area contributed by atoms with Crippen molar-refractivity contribution in [2.75, 3.05) is 0 Å². The number of hydrogen-bond donors (Lipinski definition) is 2. The van der Waals surface area contributed by atoms with Gasteiger partial charge < -0.3 is 10.4 Å². The summed E-state index contributed by atoms with van der Waals surface area (Å²) in [6, 6.07) is -0.604. The Morgan fingerprint density at radius 2 is 1.73 bits per heavy atom.